The second-order valence-corrected chi connectivity index (χ2v) is 11.7. The molecule has 238 valence electrons. The molecule has 10 nitrogen and oxygen atoms in total. The van der Waals surface area contributed by atoms with E-state index in [9.17, 15) is 28.0 Å². The summed E-state index contributed by atoms with van der Waals surface area (Å²) in [7, 11) is 0. The molecule has 0 spiro atoms. The first kappa shape index (κ1) is 31.4. The smallest absolute Gasteiger partial charge is 0.263 e. The van der Waals surface area contributed by atoms with Crippen molar-refractivity contribution in [3.8, 4) is 0 Å². The van der Waals surface area contributed by atoms with Crippen molar-refractivity contribution in [3.05, 3.63) is 145 Å². The number of nitrogens with one attached hydrogen (secondary N) is 5. The number of pyridine rings is 1. The predicted molar refractivity (Wildman–Crippen MR) is 176 cm³/mol. The molecule has 0 aliphatic carbocycles. The van der Waals surface area contributed by atoms with Crippen molar-refractivity contribution in [2.45, 2.75) is 19.5 Å². The Bertz CT molecular complexity index is 2060. The average molecular weight is 702 g/mol. The molecule has 6 rings (SSSR count). The summed E-state index contributed by atoms with van der Waals surface area (Å²) in [4.78, 5) is 53.7. The van der Waals surface area contributed by atoms with Crippen LogP contribution in [-0.2, 0) is 16.1 Å². The first-order chi connectivity index (χ1) is 22.6. The Morgan fingerprint density at radius 2 is 1.81 bits per heavy atom. The van der Waals surface area contributed by atoms with Gasteiger partial charge in [0.1, 0.15) is 11.6 Å². The number of aromatic nitrogens is 1. The number of benzene rings is 3. The van der Waals surface area contributed by atoms with Crippen LogP contribution in [0, 0.1) is 18.6 Å². The lowest BCUT2D eigenvalue weighted by Gasteiger charge is -2.20. The molecule has 4 aromatic rings. The summed E-state index contributed by atoms with van der Waals surface area (Å²) in [6.07, 6.45) is 3.46. The number of carbonyl (C=O) groups is 3. The summed E-state index contributed by atoms with van der Waals surface area (Å²) in [5.41, 5.74) is 2.99. The summed E-state index contributed by atoms with van der Waals surface area (Å²) < 4.78 is 29.1. The molecule has 0 fully saturated rings. The molecule has 5 N–H and O–H groups in total. The van der Waals surface area contributed by atoms with Crippen LogP contribution in [0.4, 0.5) is 20.2 Å². The molecule has 0 saturated carbocycles. The maximum atomic E-state index is 13.9. The third-order valence-electron chi connectivity index (χ3n) is 7.76. The van der Waals surface area contributed by atoms with Gasteiger partial charge in [-0.3, -0.25) is 19.2 Å². The topological polar surface area (TPSA) is 133 Å². The number of hydrogen-bond acceptors (Lipinski definition) is 6. The molecule has 2 aliphatic heterocycles. The molecule has 2 aliphatic rings. The minimum absolute atomic E-state index is 0.125. The molecule has 47 heavy (non-hydrogen) atoms. The number of amides is 3. The zero-order valence-corrected chi connectivity index (χ0v) is 26.4. The van der Waals surface area contributed by atoms with Crippen molar-refractivity contribution in [1.29, 1.82) is 0 Å². The lowest BCUT2D eigenvalue weighted by atomic mass is 10.0. The van der Waals surface area contributed by atoms with E-state index in [0.29, 0.717) is 50.5 Å². The Labute approximate surface area is 275 Å². The van der Waals surface area contributed by atoms with Crippen molar-refractivity contribution in [1.82, 2.24) is 20.5 Å². The van der Waals surface area contributed by atoms with Gasteiger partial charge in [0.15, 0.2) is 11.6 Å². The number of carbonyl (C=O) groups excluding carboxylic acids is 3. The van der Waals surface area contributed by atoms with Crippen LogP contribution in [0.3, 0.4) is 0 Å². The Hall–Kier alpha value is -5.56. The van der Waals surface area contributed by atoms with E-state index in [-0.39, 0.29) is 18.0 Å². The van der Waals surface area contributed by atoms with Crippen molar-refractivity contribution in [2.75, 3.05) is 17.3 Å². The fraction of sp³-hybridized carbons (Fsp3) is 0.118. The van der Waals surface area contributed by atoms with Crippen LogP contribution in [0.1, 0.15) is 38.8 Å². The highest BCUT2D eigenvalue weighted by molar-refractivity contribution is 9.10. The van der Waals surface area contributed by atoms with E-state index in [0.717, 1.165) is 17.8 Å². The number of allylic oxidation sites excluding steroid dienone is 1. The third kappa shape index (κ3) is 6.56. The van der Waals surface area contributed by atoms with E-state index in [2.05, 4.69) is 42.5 Å². The van der Waals surface area contributed by atoms with Crippen molar-refractivity contribution >= 4 is 50.6 Å². The molecule has 3 heterocycles. The fourth-order valence-corrected chi connectivity index (χ4v) is 5.73. The maximum Gasteiger partial charge on any atom is 0.263 e. The second-order valence-electron chi connectivity index (χ2n) is 10.9. The van der Waals surface area contributed by atoms with E-state index in [1.54, 1.807) is 67.7 Å². The number of fused-ring (bicyclic) bond motifs is 1. The molecule has 13 heteroatoms. The van der Waals surface area contributed by atoms with Gasteiger partial charge in [-0.25, -0.2) is 8.78 Å². The van der Waals surface area contributed by atoms with E-state index >= 15 is 0 Å². The summed E-state index contributed by atoms with van der Waals surface area (Å²) in [5.74, 6) is -3.77. The standard InChI is InChI=1S/C34H27BrF2N6O4/c1-18-26(35)14-25(34(47)43(18)16-19-7-9-27(36)28(37)11-19)32(45)42-30(20-5-3-2-4-6-20)33(46)40-21-8-10-29-23(12-21)24(31(44)41-29)13-22-15-38-17-39-22/h2-15,30,38-39H,16-17H2,1H3,(H,40,46)(H,41,44)(H,42,45)/b24-13-/t30-/m1/s1. The van der Waals surface area contributed by atoms with Gasteiger partial charge in [0.2, 0.25) is 0 Å². The molecule has 0 saturated heterocycles. The molecular weight excluding hydrogens is 674 g/mol. The van der Waals surface area contributed by atoms with Crippen molar-refractivity contribution in [2.24, 2.45) is 0 Å². The first-order valence-electron chi connectivity index (χ1n) is 14.4. The molecule has 0 bridgehead atoms. The Balaban J connectivity index is 1.28. The second kappa shape index (κ2) is 13.0. The zero-order valence-electron chi connectivity index (χ0n) is 24.8. The maximum absolute atomic E-state index is 13.9. The van der Waals surface area contributed by atoms with Gasteiger partial charge in [0.25, 0.3) is 23.3 Å². The van der Waals surface area contributed by atoms with Gasteiger partial charge in [-0.15, -0.1) is 0 Å². The normalized spacial score (nSPS) is 14.9. The van der Waals surface area contributed by atoms with Crippen LogP contribution < -0.4 is 32.1 Å². The Morgan fingerprint density at radius 3 is 2.53 bits per heavy atom. The van der Waals surface area contributed by atoms with Crippen LogP contribution in [0.25, 0.3) is 5.57 Å². The third-order valence-corrected chi connectivity index (χ3v) is 8.56. The van der Waals surface area contributed by atoms with Gasteiger partial charge in [-0.2, -0.15) is 0 Å². The van der Waals surface area contributed by atoms with Crippen LogP contribution in [-0.4, -0.2) is 29.0 Å². The highest BCUT2D eigenvalue weighted by Crippen LogP contribution is 2.35. The highest BCUT2D eigenvalue weighted by Gasteiger charge is 2.28. The summed E-state index contributed by atoms with van der Waals surface area (Å²) >= 11 is 3.39. The molecule has 3 amide bonds. The first-order valence-corrected chi connectivity index (χ1v) is 15.2. The van der Waals surface area contributed by atoms with Crippen LogP contribution in [0.15, 0.2) is 100 Å². The monoisotopic (exact) mass is 700 g/mol. The van der Waals surface area contributed by atoms with Crippen LogP contribution in [0.2, 0.25) is 0 Å². The van der Waals surface area contributed by atoms with Gasteiger partial charge >= 0.3 is 0 Å². The largest absolute Gasteiger partial charge is 0.372 e. The highest BCUT2D eigenvalue weighted by atomic mass is 79.9. The van der Waals surface area contributed by atoms with Gasteiger partial charge in [0, 0.05) is 33.3 Å². The van der Waals surface area contributed by atoms with Gasteiger partial charge in [-0.05, 0) is 76.5 Å². The molecule has 1 aromatic heterocycles. The number of hydrogen-bond donors (Lipinski definition) is 5. The number of nitrogens with zero attached hydrogens (tertiary/aromatic N) is 1. The SMILES string of the molecule is Cc1c(Br)cc(C(=O)N[C@@H](C(=O)Nc2ccc3c(c2)/C(=C/C2=CNCN2)C(=O)N3)c2ccccc2)c(=O)n1Cc1ccc(F)c(F)c1. The molecule has 1 atom stereocenters. The minimum atomic E-state index is -1.22. The van der Waals surface area contributed by atoms with E-state index in [1.807, 2.05) is 0 Å². The molecule has 3 aromatic carbocycles. The van der Waals surface area contributed by atoms with Crippen LogP contribution >= 0.6 is 15.9 Å². The lowest BCUT2D eigenvalue weighted by Crippen LogP contribution is -2.40. The Kier molecular flexibility index (Phi) is 8.72. The number of rotatable bonds is 8. The van der Waals surface area contributed by atoms with Crippen LogP contribution in [0.5, 0.6) is 0 Å². The van der Waals surface area contributed by atoms with E-state index < -0.39 is 35.0 Å². The van der Waals surface area contributed by atoms with E-state index in [1.165, 1.54) is 16.7 Å². The van der Waals surface area contributed by atoms with Gasteiger partial charge < -0.3 is 31.2 Å². The molecule has 0 unspecified atom stereocenters. The van der Waals surface area contributed by atoms with Gasteiger partial charge in [-0.1, -0.05) is 36.4 Å². The number of halogens is 3. The van der Waals surface area contributed by atoms with E-state index in [4.69, 9.17) is 0 Å². The fourth-order valence-electron chi connectivity index (χ4n) is 5.28. The quantitative estimate of drug-likeness (QED) is 0.170. The van der Waals surface area contributed by atoms with Gasteiger partial charge in [0.05, 0.1) is 24.5 Å². The summed E-state index contributed by atoms with van der Waals surface area (Å²) in [6, 6.07) is 16.9. The lowest BCUT2D eigenvalue weighted by molar-refractivity contribution is -0.118. The van der Waals surface area contributed by atoms with Crippen molar-refractivity contribution in [3.63, 3.8) is 0 Å². The predicted octanol–water partition coefficient (Wildman–Crippen LogP) is 4.68. The molecular formula is C34H27BrF2N6O4. The zero-order chi connectivity index (χ0) is 33.2. The Morgan fingerprint density at radius 1 is 1.02 bits per heavy atom. The molecule has 0 radical (unpaired) electrons. The van der Waals surface area contributed by atoms with Crippen molar-refractivity contribution < 1.29 is 23.2 Å². The minimum Gasteiger partial charge on any atom is -0.372 e. The summed E-state index contributed by atoms with van der Waals surface area (Å²) in [5, 5.41) is 14.4. The number of anilines is 2. The summed E-state index contributed by atoms with van der Waals surface area (Å²) in [6.45, 7) is 2.06. The average Bonchev–Trinajstić information content (AvgIpc) is 3.69.